The van der Waals surface area contributed by atoms with Gasteiger partial charge in [-0.25, -0.2) is 8.42 Å². The number of nitrogens with one attached hydrogen (secondary N) is 1. The maximum atomic E-state index is 13.0. The van der Waals surface area contributed by atoms with Crippen molar-refractivity contribution < 1.29 is 22.7 Å². The second-order valence-electron chi connectivity index (χ2n) is 7.85. The number of sulfonamides is 1. The number of hydrogen-bond donors (Lipinski definition) is 1. The Balaban J connectivity index is 1.38. The van der Waals surface area contributed by atoms with Crippen molar-refractivity contribution in [2.75, 3.05) is 50.0 Å². The zero-order valence-electron chi connectivity index (χ0n) is 19.1. The molecule has 3 aromatic carbocycles. The molecule has 0 aromatic heterocycles. The van der Waals surface area contributed by atoms with E-state index in [-0.39, 0.29) is 10.8 Å². The normalized spacial score (nSPS) is 13.9. The number of rotatable bonds is 7. The van der Waals surface area contributed by atoms with Gasteiger partial charge >= 0.3 is 0 Å². The van der Waals surface area contributed by atoms with Gasteiger partial charge in [-0.2, -0.15) is 0 Å². The van der Waals surface area contributed by atoms with Gasteiger partial charge in [0, 0.05) is 49.2 Å². The minimum absolute atomic E-state index is 0.0671. The summed E-state index contributed by atoms with van der Waals surface area (Å²) in [6.45, 7) is 2.48. The summed E-state index contributed by atoms with van der Waals surface area (Å²) in [7, 11) is -0.520. The molecule has 1 saturated heterocycles. The number of amides is 1. The van der Waals surface area contributed by atoms with Crippen LogP contribution in [0, 0.1) is 0 Å². The maximum Gasteiger partial charge on any atom is 0.261 e. The fourth-order valence-electron chi connectivity index (χ4n) is 3.84. The summed E-state index contributed by atoms with van der Waals surface area (Å²) in [5.41, 5.74) is 1.99. The molecule has 0 radical (unpaired) electrons. The first-order valence-corrected chi connectivity index (χ1v) is 12.3. The van der Waals surface area contributed by atoms with E-state index in [1.807, 2.05) is 17.0 Å². The van der Waals surface area contributed by atoms with Crippen LogP contribution in [0.2, 0.25) is 0 Å². The van der Waals surface area contributed by atoms with Gasteiger partial charge in [-0.05, 0) is 48.5 Å². The second kappa shape index (κ2) is 10.0. The smallest absolute Gasteiger partial charge is 0.261 e. The molecule has 4 rings (SSSR count). The lowest BCUT2D eigenvalue weighted by atomic mass is 10.1. The quantitative estimate of drug-likeness (QED) is 0.556. The first-order valence-electron chi connectivity index (χ1n) is 10.8. The molecule has 0 atom stereocenters. The summed E-state index contributed by atoms with van der Waals surface area (Å²) in [4.78, 5) is 17.2. The molecule has 1 fully saturated rings. The molecular weight excluding hydrogens is 454 g/mol. The van der Waals surface area contributed by atoms with Crippen molar-refractivity contribution in [3.63, 3.8) is 0 Å². The lowest BCUT2D eigenvalue weighted by molar-refractivity contribution is 0.0746. The number of piperazine rings is 1. The highest BCUT2D eigenvalue weighted by molar-refractivity contribution is 7.92. The van der Waals surface area contributed by atoms with Crippen LogP contribution in [0.3, 0.4) is 0 Å². The Morgan fingerprint density at radius 3 is 1.97 bits per heavy atom. The summed E-state index contributed by atoms with van der Waals surface area (Å²) >= 11 is 0. The number of carbonyl (C=O) groups excluding carboxylic acids is 1. The van der Waals surface area contributed by atoms with Gasteiger partial charge in [0.05, 0.1) is 19.1 Å². The summed E-state index contributed by atoms with van der Waals surface area (Å²) in [5.74, 6) is 1.08. The number of benzene rings is 3. The predicted molar refractivity (Wildman–Crippen MR) is 131 cm³/mol. The Morgan fingerprint density at radius 1 is 0.824 bits per heavy atom. The predicted octanol–water partition coefficient (Wildman–Crippen LogP) is 3.47. The molecule has 0 spiro atoms. The first-order chi connectivity index (χ1) is 16.4. The molecule has 0 bridgehead atoms. The molecule has 1 amide bonds. The molecule has 9 heteroatoms. The molecule has 1 N–H and O–H groups in total. The van der Waals surface area contributed by atoms with E-state index in [4.69, 9.17) is 9.47 Å². The highest BCUT2D eigenvalue weighted by Gasteiger charge is 2.23. The van der Waals surface area contributed by atoms with E-state index in [0.29, 0.717) is 48.9 Å². The van der Waals surface area contributed by atoms with Crippen LogP contribution < -0.4 is 19.1 Å². The molecule has 1 aliphatic heterocycles. The maximum absolute atomic E-state index is 13.0. The van der Waals surface area contributed by atoms with Crippen LogP contribution >= 0.6 is 0 Å². The van der Waals surface area contributed by atoms with E-state index in [1.54, 1.807) is 74.9 Å². The van der Waals surface area contributed by atoms with Crippen molar-refractivity contribution in [3.05, 3.63) is 78.4 Å². The second-order valence-corrected chi connectivity index (χ2v) is 9.53. The lowest BCUT2D eigenvalue weighted by Gasteiger charge is -2.36. The Hall–Kier alpha value is -3.72. The van der Waals surface area contributed by atoms with Gasteiger partial charge in [0.1, 0.15) is 11.5 Å². The third kappa shape index (κ3) is 5.26. The summed E-state index contributed by atoms with van der Waals surface area (Å²) in [6, 6.07) is 20.7. The van der Waals surface area contributed by atoms with Crippen molar-refractivity contribution in [1.29, 1.82) is 0 Å². The van der Waals surface area contributed by atoms with Crippen LogP contribution in [0.1, 0.15) is 10.4 Å². The van der Waals surface area contributed by atoms with E-state index in [1.165, 1.54) is 0 Å². The van der Waals surface area contributed by atoms with Gasteiger partial charge in [0.25, 0.3) is 15.9 Å². The molecule has 8 nitrogen and oxygen atoms in total. The molecule has 0 aliphatic carbocycles. The van der Waals surface area contributed by atoms with Gasteiger partial charge in [-0.1, -0.05) is 18.2 Å². The fourth-order valence-corrected chi connectivity index (χ4v) is 4.91. The molecule has 178 valence electrons. The molecule has 0 unspecified atom stereocenters. The van der Waals surface area contributed by atoms with Crippen molar-refractivity contribution in [2.45, 2.75) is 4.90 Å². The van der Waals surface area contributed by atoms with Crippen LogP contribution in [-0.4, -0.2) is 59.6 Å². The Bertz CT molecular complexity index is 1220. The minimum atomic E-state index is -3.63. The van der Waals surface area contributed by atoms with Gasteiger partial charge in [0.2, 0.25) is 0 Å². The third-order valence-electron chi connectivity index (χ3n) is 5.70. The van der Waals surface area contributed by atoms with E-state index in [0.717, 1.165) is 5.69 Å². The Labute approximate surface area is 199 Å². The van der Waals surface area contributed by atoms with Crippen molar-refractivity contribution in [1.82, 2.24) is 4.90 Å². The number of carbonyl (C=O) groups is 1. The number of anilines is 2. The molecular formula is C25H27N3O5S. The summed E-state index contributed by atoms with van der Waals surface area (Å²) < 4.78 is 38.2. The van der Waals surface area contributed by atoms with E-state index < -0.39 is 10.0 Å². The van der Waals surface area contributed by atoms with Crippen molar-refractivity contribution in [2.24, 2.45) is 0 Å². The topological polar surface area (TPSA) is 88.2 Å². The number of hydrogen-bond acceptors (Lipinski definition) is 6. The molecule has 34 heavy (non-hydrogen) atoms. The Kier molecular flexibility index (Phi) is 6.93. The third-order valence-corrected chi connectivity index (χ3v) is 7.10. The monoisotopic (exact) mass is 481 g/mol. The minimum Gasteiger partial charge on any atom is -0.497 e. The SMILES string of the molecule is COc1cc(OC)cc(C(=O)N2CCN(c3ccc(NS(=O)(=O)c4ccccc4)cc3)CC2)c1. The zero-order valence-corrected chi connectivity index (χ0v) is 19.9. The average Bonchev–Trinajstić information content (AvgIpc) is 2.88. The van der Waals surface area contributed by atoms with Gasteiger partial charge in [0.15, 0.2) is 0 Å². The van der Waals surface area contributed by atoms with Crippen molar-refractivity contribution in [3.8, 4) is 11.5 Å². The van der Waals surface area contributed by atoms with Gasteiger partial charge < -0.3 is 19.3 Å². The molecule has 1 heterocycles. The van der Waals surface area contributed by atoms with Gasteiger partial charge in [-0.15, -0.1) is 0 Å². The summed E-state index contributed by atoms with van der Waals surface area (Å²) in [5, 5.41) is 0. The standard InChI is InChI=1S/C25H27N3O5S/c1-32-22-16-19(17-23(18-22)33-2)25(29)28-14-12-27(13-15-28)21-10-8-20(9-11-21)26-34(30,31)24-6-4-3-5-7-24/h3-11,16-18,26H,12-15H2,1-2H3. The van der Waals surface area contributed by atoms with E-state index >= 15 is 0 Å². The van der Waals surface area contributed by atoms with E-state index in [2.05, 4.69) is 9.62 Å². The molecule has 3 aromatic rings. The highest BCUT2D eigenvalue weighted by atomic mass is 32.2. The first kappa shape index (κ1) is 23.4. The van der Waals surface area contributed by atoms with Crippen LogP contribution in [-0.2, 0) is 10.0 Å². The molecule has 0 saturated carbocycles. The summed E-state index contributed by atoms with van der Waals surface area (Å²) in [6.07, 6.45) is 0. The van der Waals surface area contributed by atoms with Crippen LogP contribution in [0.15, 0.2) is 77.7 Å². The van der Waals surface area contributed by atoms with Crippen LogP contribution in [0.5, 0.6) is 11.5 Å². The number of nitrogens with zero attached hydrogens (tertiary/aromatic N) is 2. The largest absolute Gasteiger partial charge is 0.497 e. The van der Waals surface area contributed by atoms with E-state index in [9.17, 15) is 13.2 Å². The average molecular weight is 482 g/mol. The van der Waals surface area contributed by atoms with Crippen LogP contribution in [0.4, 0.5) is 11.4 Å². The van der Waals surface area contributed by atoms with Crippen LogP contribution in [0.25, 0.3) is 0 Å². The zero-order chi connectivity index (χ0) is 24.1. The lowest BCUT2D eigenvalue weighted by Crippen LogP contribution is -2.48. The number of methoxy groups -OCH3 is 2. The van der Waals surface area contributed by atoms with Gasteiger partial charge in [-0.3, -0.25) is 9.52 Å². The Morgan fingerprint density at radius 2 is 1.41 bits per heavy atom. The van der Waals surface area contributed by atoms with Crippen molar-refractivity contribution >= 4 is 27.3 Å². The highest BCUT2D eigenvalue weighted by Crippen LogP contribution is 2.25. The number of ether oxygens (including phenoxy) is 2. The molecule has 1 aliphatic rings. The fraction of sp³-hybridized carbons (Fsp3) is 0.240.